The van der Waals surface area contributed by atoms with Crippen LogP contribution in [0.5, 0.6) is 11.5 Å². The van der Waals surface area contributed by atoms with E-state index in [1.807, 2.05) is 19.9 Å². The summed E-state index contributed by atoms with van der Waals surface area (Å²) in [7, 11) is 0. The molecule has 0 bridgehead atoms. The number of hydrogen-bond acceptors (Lipinski definition) is 6. The van der Waals surface area contributed by atoms with E-state index in [-0.39, 0.29) is 18.6 Å². The van der Waals surface area contributed by atoms with Crippen LogP contribution >= 0.6 is 0 Å². The molecule has 1 fully saturated rings. The molecular weight excluding hydrogens is 470 g/mol. The lowest BCUT2D eigenvalue weighted by molar-refractivity contribution is -0.119. The Morgan fingerprint density at radius 3 is 2.62 bits per heavy atom. The minimum atomic E-state index is -0.661. The summed E-state index contributed by atoms with van der Waals surface area (Å²) in [5, 5.41) is 11.0. The molecule has 0 aliphatic carbocycles. The highest BCUT2D eigenvalue weighted by atomic mass is 16.5. The van der Waals surface area contributed by atoms with Crippen molar-refractivity contribution in [1.82, 2.24) is 14.7 Å². The van der Waals surface area contributed by atoms with Crippen molar-refractivity contribution in [1.29, 1.82) is 0 Å². The number of amides is 2. The lowest BCUT2D eigenvalue weighted by Crippen LogP contribution is -2.48. The smallest absolute Gasteiger partial charge is 0.257 e. The van der Waals surface area contributed by atoms with E-state index in [2.05, 4.69) is 29.2 Å². The molecule has 3 aliphatic heterocycles. The predicted octanol–water partition coefficient (Wildman–Crippen LogP) is 2.72. The summed E-state index contributed by atoms with van der Waals surface area (Å²) >= 11 is 0. The molecule has 0 radical (unpaired) electrons. The Morgan fingerprint density at radius 2 is 1.86 bits per heavy atom. The maximum Gasteiger partial charge on any atom is 0.257 e. The van der Waals surface area contributed by atoms with Crippen molar-refractivity contribution < 1.29 is 24.2 Å². The second-order valence-corrected chi connectivity index (χ2v) is 11.1. The lowest BCUT2D eigenvalue weighted by atomic mass is 9.99. The summed E-state index contributed by atoms with van der Waals surface area (Å²) in [5.74, 6) is 1.02. The summed E-state index contributed by atoms with van der Waals surface area (Å²) in [4.78, 5) is 30.2. The number of fused-ring (bicyclic) bond motifs is 2. The fraction of sp³-hybridized carbons (Fsp3) is 0.517. The Balaban J connectivity index is 1.24. The molecule has 3 heterocycles. The fourth-order valence-corrected chi connectivity index (χ4v) is 5.63. The number of aliphatic hydroxyl groups excluding tert-OH is 1. The van der Waals surface area contributed by atoms with Gasteiger partial charge in [-0.25, -0.2) is 0 Å². The molecule has 5 rings (SSSR count). The van der Waals surface area contributed by atoms with Gasteiger partial charge in [-0.15, -0.1) is 0 Å². The van der Waals surface area contributed by atoms with Crippen molar-refractivity contribution >= 4 is 12.3 Å². The monoisotopic (exact) mass is 507 g/mol. The quantitative estimate of drug-likeness (QED) is 0.581. The lowest BCUT2D eigenvalue weighted by Gasteiger charge is -2.33. The van der Waals surface area contributed by atoms with Gasteiger partial charge in [0.2, 0.25) is 6.41 Å². The zero-order valence-corrected chi connectivity index (χ0v) is 21.8. The van der Waals surface area contributed by atoms with Gasteiger partial charge in [-0.2, -0.15) is 0 Å². The van der Waals surface area contributed by atoms with Gasteiger partial charge in [0.15, 0.2) is 0 Å². The minimum Gasteiger partial charge on any atom is -0.490 e. The van der Waals surface area contributed by atoms with Gasteiger partial charge in [0, 0.05) is 58.2 Å². The molecule has 0 spiro atoms. The molecule has 2 aromatic carbocycles. The van der Waals surface area contributed by atoms with Crippen LogP contribution in [0.15, 0.2) is 42.5 Å². The molecule has 1 saturated heterocycles. The average Bonchev–Trinajstić information content (AvgIpc) is 2.97. The molecule has 3 aliphatic rings. The highest BCUT2D eigenvalue weighted by molar-refractivity contribution is 5.97. The van der Waals surface area contributed by atoms with Crippen LogP contribution in [0, 0.1) is 0 Å². The van der Waals surface area contributed by atoms with Gasteiger partial charge in [0.1, 0.15) is 23.2 Å². The van der Waals surface area contributed by atoms with E-state index < -0.39 is 11.7 Å². The number of rotatable bonds is 7. The molecule has 198 valence electrons. The Bertz CT molecular complexity index is 1130. The molecule has 0 unspecified atom stereocenters. The molecule has 2 aromatic rings. The van der Waals surface area contributed by atoms with Crippen LogP contribution in [0.4, 0.5) is 0 Å². The molecule has 2 amide bonds. The predicted molar refractivity (Wildman–Crippen MR) is 140 cm³/mol. The van der Waals surface area contributed by atoms with Crippen LogP contribution < -0.4 is 9.47 Å². The van der Waals surface area contributed by atoms with Crippen molar-refractivity contribution in [2.75, 3.05) is 39.3 Å². The van der Waals surface area contributed by atoms with E-state index in [0.717, 1.165) is 38.8 Å². The van der Waals surface area contributed by atoms with E-state index in [9.17, 15) is 14.7 Å². The summed E-state index contributed by atoms with van der Waals surface area (Å²) < 4.78 is 12.5. The third-order valence-electron chi connectivity index (χ3n) is 7.47. The average molecular weight is 508 g/mol. The molecular formula is C29H37N3O5. The van der Waals surface area contributed by atoms with E-state index in [4.69, 9.17) is 9.47 Å². The van der Waals surface area contributed by atoms with Crippen LogP contribution in [0.25, 0.3) is 0 Å². The van der Waals surface area contributed by atoms with Crippen molar-refractivity contribution in [3.8, 4) is 11.5 Å². The summed E-state index contributed by atoms with van der Waals surface area (Å²) in [6.45, 7) is 8.13. The van der Waals surface area contributed by atoms with Crippen LogP contribution in [0.1, 0.15) is 48.2 Å². The fourth-order valence-electron chi connectivity index (χ4n) is 5.63. The van der Waals surface area contributed by atoms with Gasteiger partial charge in [-0.3, -0.25) is 14.5 Å². The number of hydrogen-bond donors (Lipinski definition) is 1. The number of β-amino-alcohol motifs (C(OH)–C–C–N with tert-alkyl or cyclic N) is 1. The first kappa shape index (κ1) is 25.5. The van der Waals surface area contributed by atoms with Crippen molar-refractivity contribution in [3.05, 3.63) is 59.2 Å². The third kappa shape index (κ3) is 6.08. The van der Waals surface area contributed by atoms with Crippen molar-refractivity contribution in [3.63, 3.8) is 0 Å². The second-order valence-electron chi connectivity index (χ2n) is 11.1. The Labute approximate surface area is 218 Å². The van der Waals surface area contributed by atoms with Crippen molar-refractivity contribution in [2.45, 2.75) is 57.5 Å². The summed E-state index contributed by atoms with van der Waals surface area (Å²) in [5.41, 5.74) is 2.54. The normalized spacial score (nSPS) is 20.9. The maximum absolute atomic E-state index is 13.5. The second kappa shape index (κ2) is 10.7. The van der Waals surface area contributed by atoms with Gasteiger partial charge in [0.25, 0.3) is 5.91 Å². The van der Waals surface area contributed by atoms with Gasteiger partial charge in [-0.1, -0.05) is 24.3 Å². The Hall–Kier alpha value is -3.10. The standard InChI is InChI=1S/C29H37N3O5/c1-29(2)19-32(18-23(34)17-31-12-9-21-5-3-4-6-22(21)16-31)28(35)26-8-7-25(15-27(26)37-29)36-24-10-13-30(20-33)14-11-24/h3-8,15,20,23-24,34H,9-14,16-19H2,1-2H3/t23-/m1/s1. The largest absolute Gasteiger partial charge is 0.490 e. The van der Waals surface area contributed by atoms with E-state index in [1.165, 1.54) is 11.1 Å². The van der Waals surface area contributed by atoms with Crippen LogP contribution in [-0.2, 0) is 17.8 Å². The molecule has 0 saturated carbocycles. The van der Waals surface area contributed by atoms with Crippen LogP contribution in [0.3, 0.4) is 0 Å². The van der Waals surface area contributed by atoms with Gasteiger partial charge >= 0.3 is 0 Å². The minimum absolute atomic E-state index is 0.0251. The molecule has 1 atom stereocenters. The molecule has 8 heteroatoms. The molecule has 37 heavy (non-hydrogen) atoms. The first-order valence-corrected chi connectivity index (χ1v) is 13.3. The maximum atomic E-state index is 13.5. The van der Waals surface area contributed by atoms with E-state index in [1.54, 1.807) is 21.9 Å². The number of carbonyl (C=O) groups excluding carboxylic acids is 2. The number of aliphatic hydroxyl groups is 1. The third-order valence-corrected chi connectivity index (χ3v) is 7.47. The van der Waals surface area contributed by atoms with Crippen LogP contribution in [-0.4, -0.2) is 89.2 Å². The van der Waals surface area contributed by atoms with Gasteiger partial charge < -0.3 is 24.4 Å². The molecule has 1 N–H and O–H groups in total. The number of piperidine rings is 1. The number of likely N-dealkylation sites (tertiary alicyclic amines) is 1. The first-order valence-electron chi connectivity index (χ1n) is 13.3. The topological polar surface area (TPSA) is 82.6 Å². The Kier molecular flexibility index (Phi) is 7.40. The number of ether oxygens (including phenoxy) is 2. The summed E-state index contributed by atoms with van der Waals surface area (Å²) in [6, 6.07) is 13.8. The molecule has 0 aromatic heterocycles. The molecule has 8 nitrogen and oxygen atoms in total. The number of benzene rings is 2. The SMILES string of the molecule is CC1(C)CN(C[C@H](O)CN2CCc3ccccc3C2)C(=O)c2ccc(OC3CCN(C=O)CC3)cc2O1. The van der Waals surface area contributed by atoms with E-state index in [0.29, 0.717) is 43.2 Å². The number of nitrogens with zero attached hydrogens (tertiary/aromatic N) is 3. The first-order chi connectivity index (χ1) is 17.8. The zero-order chi connectivity index (χ0) is 26.0. The Morgan fingerprint density at radius 1 is 1.11 bits per heavy atom. The van der Waals surface area contributed by atoms with Crippen molar-refractivity contribution in [2.24, 2.45) is 0 Å². The van der Waals surface area contributed by atoms with Gasteiger partial charge in [-0.05, 0) is 43.5 Å². The number of carbonyl (C=O) groups is 2. The highest BCUT2D eigenvalue weighted by Crippen LogP contribution is 2.34. The van der Waals surface area contributed by atoms with E-state index >= 15 is 0 Å². The van der Waals surface area contributed by atoms with Crippen LogP contribution in [0.2, 0.25) is 0 Å². The van der Waals surface area contributed by atoms with Gasteiger partial charge in [0.05, 0.1) is 18.2 Å². The zero-order valence-electron chi connectivity index (χ0n) is 21.8. The highest BCUT2D eigenvalue weighted by Gasteiger charge is 2.35. The summed E-state index contributed by atoms with van der Waals surface area (Å²) in [6.07, 6.45) is 2.77.